The predicted molar refractivity (Wildman–Crippen MR) is 113 cm³/mol. The van der Waals surface area contributed by atoms with Crippen LogP contribution >= 0.6 is 0 Å². The zero-order valence-electron chi connectivity index (χ0n) is 16.5. The molecule has 2 aromatic heterocycles. The summed E-state index contributed by atoms with van der Waals surface area (Å²) in [6, 6.07) is 6.31. The smallest absolute Gasteiger partial charge is 0.231 e. The highest BCUT2D eigenvalue weighted by Gasteiger charge is 2.16. The summed E-state index contributed by atoms with van der Waals surface area (Å²) >= 11 is 0. The maximum atomic E-state index is 5.56. The summed E-state index contributed by atoms with van der Waals surface area (Å²) < 4.78 is 0. The molecule has 0 saturated heterocycles. The monoisotopic (exact) mass is 377 g/mol. The van der Waals surface area contributed by atoms with Gasteiger partial charge in [-0.15, -0.1) is 0 Å². The lowest BCUT2D eigenvalue weighted by Crippen LogP contribution is -2.11. The van der Waals surface area contributed by atoms with Gasteiger partial charge in [-0.1, -0.05) is 12.1 Å². The van der Waals surface area contributed by atoms with E-state index in [1.165, 1.54) is 24.0 Å². The van der Waals surface area contributed by atoms with Gasteiger partial charge in [0.05, 0.1) is 11.2 Å². The molecular formula is C21H27N7. The number of rotatable bonds is 6. The minimum Gasteiger partial charge on any atom is -0.370 e. The molecule has 0 radical (unpaired) electrons. The van der Waals surface area contributed by atoms with Gasteiger partial charge in [0.25, 0.3) is 0 Å². The number of benzene rings is 1. The number of hydrogen-bond donors (Lipinski definition) is 3. The highest BCUT2D eigenvalue weighted by molar-refractivity contribution is 5.86. The van der Waals surface area contributed by atoms with E-state index in [9.17, 15) is 0 Å². The van der Waals surface area contributed by atoms with Crippen LogP contribution in [-0.4, -0.2) is 33.0 Å². The van der Waals surface area contributed by atoms with Crippen LogP contribution in [0.4, 0.5) is 17.7 Å². The average molecular weight is 377 g/mol. The highest BCUT2D eigenvalue weighted by Crippen LogP contribution is 2.30. The summed E-state index contributed by atoms with van der Waals surface area (Å²) in [5, 5.41) is 7.61. The van der Waals surface area contributed by atoms with Crippen molar-refractivity contribution in [2.75, 3.05) is 23.7 Å². The molecule has 0 fully saturated rings. The van der Waals surface area contributed by atoms with E-state index < -0.39 is 0 Å². The first kappa shape index (κ1) is 18.6. The minimum absolute atomic E-state index is 0.499. The van der Waals surface area contributed by atoms with Crippen molar-refractivity contribution in [3.8, 4) is 0 Å². The van der Waals surface area contributed by atoms with Gasteiger partial charge in [0.15, 0.2) is 0 Å². The Balaban J connectivity index is 1.66. The molecule has 1 aliphatic rings. The van der Waals surface area contributed by atoms with Crippen LogP contribution in [0.2, 0.25) is 0 Å². The Kier molecular flexibility index (Phi) is 5.34. The predicted octanol–water partition coefficient (Wildman–Crippen LogP) is 3.42. The van der Waals surface area contributed by atoms with Gasteiger partial charge >= 0.3 is 0 Å². The van der Waals surface area contributed by atoms with Crippen LogP contribution in [0.25, 0.3) is 10.9 Å². The number of fused-ring (bicyclic) bond motifs is 3. The van der Waals surface area contributed by atoms with Crippen LogP contribution in [0.1, 0.15) is 41.8 Å². The summed E-state index contributed by atoms with van der Waals surface area (Å²) in [5.41, 5.74) is 11.2. The number of aromatic nitrogens is 4. The third kappa shape index (κ3) is 3.89. The van der Waals surface area contributed by atoms with E-state index in [-0.39, 0.29) is 0 Å². The van der Waals surface area contributed by atoms with Crippen molar-refractivity contribution in [1.29, 1.82) is 0 Å². The first-order chi connectivity index (χ1) is 13.6. The maximum absolute atomic E-state index is 5.56. The number of nitrogens with one attached hydrogen (secondary N) is 2. The molecule has 1 aliphatic carbocycles. The van der Waals surface area contributed by atoms with Gasteiger partial charge in [0, 0.05) is 23.7 Å². The molecule has 2 heterocycles. The molecule has 7 heteroatoms. The normalized spacial score (nSPS) is 13.4. The minimum atomic E-state index is 0.499. The fourth-order valence-corrected chi connectivity index (χ4v) is 3.77. The second kappa shape index (κ2) is 8.06. The number of hydrogen-bond acceptors (Lipinski definition) is 7. The van der Waals surface area contributed by atoms with Gasteiger partial charge in [-0.3, -0.25) is 5.32 Å². The largest absolute Gasteiger partial charge is 0.370 e. The topological polar surface area (TPSA) is 102 Å². The maximum Gasteiger partial charge on any atom is 0.231 e. The summed E-state index contributed by atoms with van der Waals surface area (Å²) in [4.78, 5) is 18.5. The van der Waals surface area contributed by atoms with Gasteiger partial charge in [-0.05, 0) is 63.6 Å². The van der Waals surface area contributed by atoms with E-state index in [1.807, 2.05) is 19.9 Å². The quantitative estimate of drug-likeness (QED) is 0.566. The van der Waals surface area contributed by atoms with Crippen molar-refractivity contribution in [3.63, 3.8) is 0 Å². The molecule has 0 saturated carbocycles. The number of anilines is 3. The molecule has 4 N–H and O–H groups in total. The Bertz CT molecular complexity index is 1000. The first-order valence-electron chi connectivity index (χ1n) is 10.00. The van der Waals surface area contributed by atoms with Crippen molar-refractivity contribution in [1.82, 2.24) is 19.9 Å². The van der Waals surface area contributed by atoms with Crippen molar-refractivity contribution >= 4 is 28.6 Å². The van der Waals surface area contributed by atoms with Crippen LogP contribution in [-0.2, 0) is 12.8 Å². The molecule has 0 unspecified atom stereocenters. The van der Waals surface area contributed by atoms with Crippen molar-refractivity contribution < 1.29 is 0 Å². The number of nitrogens with zero attached hydrogens (tertiary/aromatic N) is 4. The van der Waals surface area contributed by atoms with Crippen LogP contribution in [0.3, 0.4) is 0 Å². The number of nitrogens with two attached hydrogens (primary N) is 1. The third-order valence-electron chi connectivity index (χ3n) is 5.15. The number of aryl methyl sites for hydroxylation is 4. The van der Waals surface area contributed by atoms with E-state index in [4.69, 9.17) is 10.7 Å². The Hall–Kier alpha value is -2.80. The zero-order chi connectivity index (χ0) is 19.5. The summed E-state index contributed by atoms with van der Waals surface area (Å²) in [6.07, 6.45) is 5.58. The second-order valence-corrected chi connectivity index (χ2v) is 7.35. The van der Waals surface area contributed by atoms with E-state index in [0.29, 0.717) is 18.4 Å². The molecule has 146 valence electrons. The summed E-state index contributed by atoms with van der Waals surface area (Å²) in [6.45, 7) is 5.41. The molecule has 28 heavy (non-hydrogen) atoms. The van der Waals surface area contributed by atoms with Gasteiger partial charge in [-0.2, -0.15) is 4.98 Å². The van der Waals surface area contributed by atoms with Gasteiger partial charge < -0.3 is 11.1 Å². The zero-order valence-corrected chi connectivity index (χ0v) is 16.5. The van der Waals surface area contributed by atoms with Gasteiger partial charge in [0.2, 0.25) is 11.9 Å². The van der Waals surface area contributed by atoms with Gasteiger partial charge in [0.1, 0.15) is 5.82 Å². The lowest BCUT2D eigenvalue weighted by Gasteiger charge is -2.18. The Labute approximate surface area is 165 Å². The molecule has 0 aliphatic heterocycles. The Morgan fingerprint density at radius 3 is 2.68 bits per heavy atom. The third-order valence-corrected chi connectivity index (χ3v) is 5.15. The average Bonchev–Trinajstić information content (AvgIpc) is 2.68. The molecular weight excluding hydrogens is 350 g/mol. The summed E-state index contributed by atoms with van der Waals surface area (Å²) in [7, 11) is 0. The van der Waals surface area contributed by atoms with Crippen molar-refractivity contribution in [2.24, 2.45) is 5.73 Å². The molecule has 0 spiro atoms. The molecule has 1 aromatic carbocycles. The van der Waals surface area contributed by atoms with E-state index in [1.54, 1.807) is 0 Å². The van der Waals surface area contributed by atoms with Gasteiger partial charge in [-0.25, -0.2) is 15.0 Å². The van der Waals surface area contributed by atoms with E-state index >= 15 is 0 Å². The van der Waals surface area contributed by atoms with Crippen LogP contribution in [0.15, 0.2) is 18.2 Å². The first-order valence-corrected chi connectivity index (χ1v) is 10.00. The molecule has 0 amide bonds. The van der Waals surface area contributed by atoms with E-state index in [2.05, 4.69) is 37.7 Å². The lowest BCUT2D eigenvalue weighted by atomic mass is 9.89. The van der Waals surface area contributed by atoms with Crippen LogP contribution in [0.5, 0.6) is 0 Å². The van der Waals surface area contributed by atoms with Crippen LogP contribution < -0.4 is 16.4 Å². The summed E-state index contributed by atoms with van der Waals surface area (Å²) in [5.74, 6) is 1.82. The fraction of sp³-hybridized carbons (Fsp3) is 0.429. The Morgan fingerprint density at radius 2 is 1.82 bits per heavy atom. The molecule has 3 aromatic rings. The molecule has 4 rings (SSSR count). The standard InChI is InChI=1S/C21H27N7/c1-13-12-18(23-11-5-10-22)26-20(24-13)28-21-25-14(2)16-9-8-15-6-3-4-7-17(15)19(16)27-21/h8-9,12H,3-7,10-11,22H2,1-2H3,(H2,23,24,25,26,27,28). The second-order valence-electron chi connectivity index (χ2n) is 7.35. The fourth-order valence-electron chi connectivity index (χ4n) is 3.77. The molecule has 7 nitrogen and oxygen atoms in total. The van der Waals surface area contributed by atoms with Crippen molar-refractivity contribution in [3.05, 3.63) is 40.7 Å². The molecule has 0 atom stereocenters. The van der Waals surface area contributed by atoms with Crippen LogP contribution in [0, 0.1) is 13.8 Å². The SMILES string of the molecule is Cc1cc(NCCCN)nc(Nc2nc(C)c3ccc4c(c3n2)CCCC4)n1. The van der Waals surface area contributed by atoms with Crippen molar-refractivity contribution in [2.45, 2.75) is 46.0 Å². The lowest BCUT2D eigenvalue weighted by molar-refractivity contribution is 0.689. The Morgan fingerprint density at radius 1 is 1.00 bits per heavy atom. The molecule has 0 bridgehead atoms. The highest BCUT2D eigenvalue weighted by atomic mass is 15.2. The van der Waals surface area contributed by atoms with E-state index in [0.717, 1.165) is 53.9 Å².